The summed E-state index contributed by atoms with van der Waals surface area (Å²) in [6, 6.07) is 9.92. The second-order valence-electron chi connectivity index (χ2n) is 5.92. The molecule has 1 N–H and O–H groups in total. The number of carboxylic acid groups (broad SMARTS) is 1. The van der Waals surface area contributed by atoms with E-state index < -0.39 is 5.97 Å². The van der Waals surface area contributed by atoms with Gasteiger partial charge in [-0.25, -0.2) is 4.79 Å². The predicted molar refractivity (Wildman–Crippen MR) is 87.7 cm³/mol. The molecule has 1 fully saturated rings. The van der Waals surface area contributed by atoms with E-state index in [2.05, 4.69) is 0 Å². The van der Waals surface area contributed by atoms with E-state index in [9.17, 15) is 9.59 Å². The summed E-state index contributed by atoms with van der Waals surface area (Å²) in [5.41, 5.74) is 0.730. The minimum absolute atomic E-state index is 0.00396. The Balaban J connectivity index is 1.93. The van der Waals surface area contributed by atoms with Gasteiger partial charge in [-0.15, -0.1) is 0 Å². The Morgan fingerprint density at radius 3 is 2.29 bits per heavy atom. The first-order valence-electron chi connectivity index (χ1n) is 7.82. The highest BCUT2D eigenvalue weighted by Gasteiger charge is 2.36. The van der Waals surface area contributed by atoms with Gasteiger partial charge in [0.25, 0.3) is 5.91 Å². The molecule has 1 aromatic carbocycles. The number of ether oxygens (including phenoxy) is 1. The van der Waals surface area contributed by atoms with Gasteiger partial charge in [0.2, 0.25) is 5.76 Å². The van der Waals surface area contributed by atoms with Crippen LogP contribution in [0.4, 0.5) is 5.69 Å². The number of furan rings is 1. The van der Waals surface area contributed by atoms with Crippen LogP contribution in [0.3, 0.4) is 0 Å². The Labute approximate surface area is 139 Å². The Hall–Kier alpha value is -2.76. The quantitative estimate of drug-likeness (QED) is 0.878. The van der Waals surface area contributed by atoms with Crippen molar-refractivity contribution in [1.29, 1.82) is 0 Å². The zero-order valence-electron chi connectivity index (χ0n) is 13.6. The monoisotopic (exact) mass is 329 g/mol. The van der Waals surface area contributed by atoms with E-state index in [4.69, 9.17) is 14.3 Å². The molecule has 1 aromatic heterocycles. The molecule has 0 aliphatic heterocycles. The maximum absolute atomic E-state index is 12.9. The summed E-state index contributed by atoms with van der Waals surface area (Å²) >= 11 is 0. The Kier molecular flexibility index (Phi) is 4.29. The standard InChI is InChI=1S/C18H19NO5/c1-11(12-3-4-12)19(13-5-7-14(23-2)8-6-13)17(20)15-9-10-16(24-15)18(21)22/h5-12H,3-4H2,1-2H3,(H,21,22). The van der Waals surface area contributed by atoms with Crippen molar-refractivity contribution < 1.29 is 23.8 Å². The van der Waals surface area contributed by atoms with Crippen molar-refractivity contribution in [3.05, 3.63) is 47.9 Å². The van der Waals surface area contributed by atoms with Gasteiger partial charge in [-0.2, -0.15) is 0 Å². The van der Waals surface area contributed by atoms with Crippen LogP contribution in [0.5, 0.6) is 5.75 Å². The van der Waals surface area contributed by atoms with Gasteiger partial charge in [0.1, 0.15) is 5.75 Å². The number of aromatic carboxylic acids is 1. The van der Waals surface area contributed by atoms with Gasteiger partial charge >= 0.3 is 5.97 Å². The minimum Gasteiger partial charge on any atom is -0.497 e. The molecule has 1 saturated carbocycles. The van der Waals surface area contributed by atoms with Crippen LogP contribution >= 0.6 is 0 Å². The normalized spacial score (nSPS) is 14.9. The Bertz CT molecular complexity index is 745. The maximum Gasteiger partial charge on any atom is 0.371 e. The predicted octanol–water partition coefficient (Wildman–Crippen LogP) is 3.43. The third-order valence-corrected chi connectivity index (χ3v) is 4.31. The maximum atomic E-state index is 12.9. The zero-order valence-corrected chi connectivity index (χ0v) is 13.6. The molecule has 3 rings (SSSR count). The number of rotatable bonds is 6. The SMILES string of the molecule is COc1ccc(N(C(=O)c2ccc(C(=O)O)o2)C(C)C2CC2)cc1. The lowest BCUT2D eigenvalue weighted by molar-refractivity contribution is 0.0660. The van der Waals surface area contributed by atoms with E-state index in [1.165, 1.54) is 12.1 Å². The van der Waals surface area contributed by atoms with E-state index in [1.54, 1.807) is 24.1 Å². The average Bonchev–Trinajstić information content (AvgIpc) is 3.31. The van der Waals surface area contributed by atoms with Crippen LogP contribution in [0.15, 0.2) is 40.8 Å². The highest BCUT2D eigenvalue weighted by molar-refractivity contribution is 6.05. The summed E-state index contributed by atoms with van der Waals surface area (Å²) in [7, 11) is 1.58. The molecule has 1 atom stereocenters. The fourth-order valence-corrected chi connectivity index (χ4v) is 2.76. The van der Waals surface area contributed by atoms with Crippen molar-refractivity contribution in [2.75, 3.05) is 12.0 Å². The Morgan fingerprint density at radius 1 is 1.17 bits per heavy atom. The fraction of sp³-hybridized carbons (Fsp3) is 0.333. The number of hydrogen-bond donors (Lipinski definition) is 1. The summed E-state index contributed by atoms with van der Waals surface area (Å²) in [5, 5.41) is 8.97. The van der Waals surface area contributed by atoms with Crippen LogP contribution in [-0.4, -0.2) is 30.1 Å². The van der Waals surface area contributed by atoms with E-state index in [0.717, 1.165) is 18.5 Å². The van der Waals surface area contributed by atoms with Gasteiger partial charge in [-0.1, -0.05) is 0 Å². The number of hydrogen-bond acceptors (Lipinski definition) is 4. The van der Waals surface area contributed by atoms with E-state index >= 15 is 0 Å². The third kappa shape index (κ3) is 3.13. The summed E-state index contributed by atoms with van der Waals surface area (Å²) in [4.78, 5) is 25.6. The lowest BCUT2D eigenvalue weighted by atomic mass is 10.1. The van der Waals surface area contributed by atoms with Gasteiger partial charge in [-0.3, -0.25) is 4.79 Å². The van der Waals surface area contributed by atoms with E-state index in [0.29, 0.717) is 11.7 Å². The van der Waals surface area contributed by atoms with Crippen molar-refractivity contribution in [3.63, 3.8) is 0 Å². The second-order valence-corrected chi connectivity index (χ2v) is 5.92. The van der Waals surface area contributed by atoms with Crippen molar-refractivity contribution in [2.45, 2.75) is 25.8 Å². The van der Waals surface area contributed by atoms with Crippen molar-refractivity contribution >= 4 is 17.6 Å². The lowest BCUT2D eigenvalue weighted by Crippen LogP contribution is -2.40. The van der Waals surface area contributed by atoms with Crippen LogP contribution in [-0.2, 0) is 0 Å². The van der Waals surface area contributed by atoms with Crippen LogP contribution in [0.1, 0.15) is 40.9 Å². The summed E-state index contributed by atoms with van der Waals surface area (Å²) in [5.74, 6) is -0.600. The smallest absolute Gasteiger partial charge is 0.371 e. The molecule has 1 amide bonds. The van der Waals surface area contributed by atoms with Gasteiger partial charge in [0, 0.05) is 11.7 Å². The van der Waals surface area contributed by atoms with Gasteiger partial charge in [0.15, 0.2) is 5.76 Å². The molecule has 1 heterocycles. The topological polar surface area (TPSA) is 80.0 Å². The minimum atomic E-state index is -1.19. The van der Waals surface area contributed by atoms with Gasteiger partial charge in [-0.05, 0) is 62.1 Å². The molecule has 2 aromatic rings. The number of anilines is 1. The van der Waals surface area contributed by atoms with Crippen LogP contribution in [0.2, 0.25) is 0 Å². The fourth-order valence-electron chi connectivity index (χ4n) is 2.76. The number of amides is 1. The summed E-state index contributed by atoms with van der Waals surface area (Å²) in [6.45, 7) is 2.00. The molecule has 0 saturated heterocycles. The average molecular weight is 329 g/mol. The van der Waals surface area contributed by atoms with Crippen LogP contribution < -0.4 is 9.64 Å². The molecule has 0 spiro atoms. The molecule has 1 aliphatic rings. The van der Waals surface area contributed by atoms with Crippen molar-refractivity contribution in [1.82, 2.24) is 0 Å². The molecular formula is C18H19NO5. The number of carboxylic acids is 1. The van der Waals surface area contributed by atoms with Crippen LogP contribution in [0.25, 0.3) is 0 Å². The van der Waals surface area contributed by atoms with Crippen molar-refractivity contribution in [3.8, 4) is 5.75 Å². The third-order valence-electron chi connectivity index (χ3n) is 4.31. The van der Waals surface area contributed by atoms with Crippen LogP contribution in [0, 0.1) is 5.92 Å². The molecule has 1 unspecified atom stereocenters. The molecular weight excluding hydrogens is 310 g/mol. The number of benzene rings is 1. The first-order valence-corrected chi connectivity index (χ1v) is 7.82. The number of carbonyl (C=O) groups excluding carboxylic acids is 1. The second kappa shape index (κ2) is 6.39. The highest BCUT2D eigenvalue weighted by Crippen LogP contribution is 2.38. The molecule has 0 bridgehead atoms. The lowest BCUT2D eigenvalue weighted by Gasteiger charge is -2.29. The molecule has 0 radical (unpaired) electrons. The largest absolute Gasteiger partial charge is 0.497 e. The molecule has 24 heavy (non-hydrogen) atoms. The molecule has 1 aliphatic carbocycles. The molecule has 126 valence electrons. The zero-order chi connectivity index (χ0) is 17.3. The number of nitrogens with zero attached hydrogens (tertiary/aromatic N) is 1. The number of methoxy groups -OCH3 is 1. The van der Waals surface area contributed by atoms with Crippen molar-refractivity contribution in [2.24, 2.45) is 5.92 Å². The first kappa shape index (κ1) is 16.1. The van der Waals surface area contributed by atoms with E-state index in [-0.39, 0.29) is 23.5 Å². The molecule has 6 nitrogen and oxygen atoms in total. The summed E-state index contributed by atoms with van der Waals surface area (Å²) in [6.07, 6.45) is 2.17. The van der Waals surface area contributed by atoms with Gasteiger partial charge < -0.3 is 19.2 Å². The van der Waals surface area contributed by atoms with E-state index in [1.807, 2.05) is 19.1 Å². The highest BCUT2D eigenvalue weighted by atomic mass is 16.5. The molecule has 6 heteroatoms. The number of carbonyl (C=O) groups is 2. The first-order chi connectivity index (χ1) is 11.5. The Morgan fingerprint density at radius 2 is 1.79 bits per heavy atom. The summed E-state index contributed by atoms with van der Waals surface area (Å²) < 4.78 is 10.3. The van der Waals surface area contributed by atoms with Gasteiger partial charge in [0.05, 0.1) is 7.11 Å².